The molecular weight excluding hydrogens is 224 g/mol. The van der Waals surface area contributed by atoms with Gasteiger partial charge >= 0.3 is 0 Å². The topological polar surface area (TPSA) is 55.9 Å². The Kier molecular flexibility index (Phi) is 3.57. The number of hydrogen-bond acceptors (Lipinski definition) is 3. The normalized spacial score (nSPS) is 12.0. The second-order valence-corrected chi connectivity index (χ2v) is 5.62. The van der Waals surface area contributed by atoms with Gasteiger partial charge < -0.3 is 15.6 Å². The highest BCUT2D eigenvalue weighted by Crippen LogP contribution is 2.22. The van der Waals surface area contributed by atoms with Crippen molar-refractivity contribution in [3.8, 4) is 0 Å². The fourth-order valence-electron chi connectivity index (χ4n) is 2.07. The number of hydrogen-bond donors (Lipinski definition) is 2. The molecule has 0 unspecified atom stereocenters. The molecule has 0 bridgehead atoms. The lowest BCUT2D eigenvalue weighted by atomic mass is 9.89. The maximum Gasteiger partial charge on any atom is 0.0955 e. The molecule has 1 heterocycles. The largest absolute Gasteiger partial charge is 0.384 e. The molecule has 0 radical (unpaired) electrons. The maximum atomic E-state index is 5.62. The van der Waals surface area contributed by atoms with Crippen LogP contribution >= 0.6 is 0 Å². The summed E-state index contributed by atoms with van der Waals surface area (Å²) < 4.78 is 2.03. The van der Waals surface area contributed by atoms with Gasteiger partial charge in [0.15, 0.2) is 0 Å². The molecule has 1 aromatic carbocycles. The lowest BCUT2D eigenvalue weighted by Crippen LogP contribution is -2.26. The van der Waals surface area contributed by atoms with Crippen LogP contribution < -0.4 is 11.1 Å². The maximum absolute atomic E-state index is 5.62. The lowest BCUT2D eigenvalue weighted by Gasteiger charge is -2.24. The van der Waals surface area contributed by atoms with E-state index in [-0.39, 0.29) is 5.41 Å². The van der Waals surface area contributed by atoms with Gasteiger partial charge in [-0.05, 0) is 36.6 Å². The van der Waals surface area contributed by atoms with Crippen LogP contribution in [0.5, 0.6) is 0 Å². The molecule has 3 N–H and O–H groups in total. The SMILES string of the molecule is Cn1cnc2cc(NCC(C)(C)CCN)ccc21. The molecule has 0 saturated carbocycles. The minimum atomic E-state index is 0.216. The van der Waals surface area contributed by atoms with E-state index in [1.807, 2.05) is 17.9 Å². The van der Waals surface area contributed by atoms with Crippen LogP contribution in [0.2, 0.25) is 0 Å². The van der Waals surface area contributed by atoms with Crippen molar-refractivity contribution in [3.63, 3.8) is 0 Å². The fourth-order valence-corrected chi connectivity index (χ4v) is 2.07. The number of benzene rings is 1. The number of imidazole rings is 1. The summed E-state index contributed by atoms with van der Waals surface area (Å²) in [5.41, 5.74) is 9.13. The minimum Gasteiger partial charge on any atom is -0.384 e. The van der Waals surface area contributed by atoms with Gasteiger partial charge in [-0.1, -0.05) is 13.8 Å². The average molecular weight is 246 g/mol. The number of aryl methyl sites for hydroxylation is 1. The van der Waals surface area contributed by atoms with Crippen molar-refractivity contribution in [2.45, 2.75) is 20.3 Å². The Bertz CT molecular complexity index is 528. The zero-order chi connectivity index (χ0) is 13.2. The first-order chi connectivity index (χ1) is 8.52. The molecule has 0 aliphatic carbocycles. The van der Waals surface area contributed by atoms with E-state index in [1.165, 1.54) is 0 Å². The van der Waals surface area contributed by atoms with Crippen LogP contribution in [0.4, 0.5) is 5.69 Å². The van der Waals surface area contributed by atoms with Crippen molar-refractivity contribution in [1.82, 2.24) is 9.55 Å². The van der Waals surface area contributed by atoms with Crippen LogP contribution in [0.25, 0.3) is 11.0 Å². The van der Waals surface area contributed by atoms with Crippen LogP contribution in [-0.2, 0) is 7.05 Å². The van der Waals surface area contributed by atoms with E-state index in [1.54, 1.807) is 0 Å². The van der Waals surface area contributed by atoms with E-state index in [0.717, 1.165) is 36.2 Å². The second kappa shape index (κ2) is 4.98. The number of fused-ring (bicyclic) bond motifs is 1. The molecule has 0 spiro atoms. The summed E-state index contributed by atoms with van der Waals surface area (Å²) in [6, 6.07) is 6.29. The fraction of sp³-hybridized carbons (Fsp3) is 0.500. The Morgan fingerprint density at radius 2 is 2.17 bits per heavy atom. The lowest BCUT2D eigenvalue weighted by molar-refractivity contribution is 0.365. The number of anilines is 1. The van der Waals surface area contributed by atoms with Gasteiger partial charge in [-0.2, -0.15) is 0 Å². The van der Waals surface area contributed by atoms with Gasteiger partial charge in [0, 0.05) is 19.3 Å². The van der Waals surface area contributed by atoms with Gasteiger partial charge in [-0.25, -0.2) is 4.98 Å². The van der Waals surface area contributed by atoms with Crippen LogP contribution in [0.3, 0.4) is 0 Å². The van der Waals surface area contributed by atoms with E-state index in [0.29, 0.717) is 0 Å². The smallest absolute Gasteiger partial charge is 0.0955 e. The van der Waals surface area contributed by atoms with Gasteiger partial charge in [0.25, 0.3) is 0 Å². The van der Waals surface area contributed by atoms with Crippen molar-refractivity contribution >= 4 is 16.7 Å². The van der Waals surface area contributed by atoms with Gasteiger partial charge in [-0.15, -0.1) is 0 Å². The van der Waals surface area contributed by atoms with Crippen molar-refractivity contribution < 1.29 is 0 Å². The van der Waals surface area contributed by atoms with Crippen LogP contribution in [0, 0.1) is 5.41 Å². The Labute approximate surface area is 108 Å². The van der Waals surface area contributed by atoms with Crippen LogP contribution in [0.1, 0.15) is 20.3 Å². The summed E-state index contributed by atoms with van der Waals surface area (Å²) in [6.45, 7) is 6.11. The van der Waals surface area contributed by atoms with Crippen molar-refractivity contribution in [3.05, 3.63) is 24.5 Å². The van der Waals surface area contributed by atoms with Gasteiger partial charge in [-0.3, -0.25) is 0 Å². The van der Waals surface area contributed by atoms with E-state index >= 15 is 0 Å². The number of rotatable bonds is 5. The quantitative estimate of drug-likeness (QED) is 0.851. The Morgan fingerprint density at radius 1 is 1.39 bits per heavy atom. The summed E-state index contributed by atoms with van der Waals surface area (Å²) in [5.74, 6) is 0. The predicted molar refractivity (Wildman–Crippen MR) is 76.7 cm³/mol. The van der Waals surface area contributed by atoms with Crippen LogP contribution in [-0.4, -0.2) is 22.6 Å². The molecule has 0 atom stereocenters. The Morgan fingerprint density at radius 3 is 2.89 bits per heavy atom. The third-order valence-electron chi connectivity index (χ3n) is 3.32. The minimum absolute atomic E-state index is 0.216. The molecule has 2 aromatic rings. The highest BCUT2D eigenvalue weighted by Gasteiger charge is 2.16. The molecule has 0 saturated heterocycles. The molecule has 4 heteroatoms. The van der Waals surface area contributed by atoms with Gasteiger partial charge in [0.2, 0.25) is 0 Å². The van der Waals surface area contributed by atoms with Crippen molar-refractivity contribution in [2.75, 3.05) is 18.4 Å². The monoisotopic (exact) mass is 246 g/mol. The van der Waals surface area contributed by atoms with E-state index in [2.05, 4.69) is 42.3 Å². The molecule has 0 amide bonds. The zero-order valence-corrected chi connectivity index (χ0v) is 11.4. The second-order valence-electron chi connectivity index (χ2n) is 5.62. The molecule has 98 valence electrons. The molecule has 4 nitrogen and oxygen atoms in total. The van der Waals surface area contributed by atoms with E-state index < -0.39 is 0 Å². The third kappa shape index (κ3) is 2.82. The number of aromatic nitrogens is 2. The molecule has 0 aliphatic rings. The molecular formula is C14H22N4. The standard InChI is InChI=1S/C14H22N4/c1-14(2,6-7-15)9-16-11-4-5-13-12(8-11)17-10-18(13)3/h4-5,8,10,16H,6-7,9,15H2,1-3H3. The van der Waals surface area contributed by atoms with Crippen LogP contribution in [0.15, 0.2) is 24.5 Å². The first-order valence-corrected chi connectivity index (χ1v) is 6.37. The highest BCUT2D eigenvalue weighted by molar-refractivity contribution is 5.79. The molecule has 0 fully saturated rings. The molecule has 2 rings (SSSR count). The summed E-state index contributed by atoms with van der Waals surface area (Å²) in [5, 5.41) is 3.47. The zero-order valence-electron chi connectivity index (χ0n) is 11.4. The molecule has 18 heavy (non-hydrogen) atoms. The first kappa shape index (κ1) is 12.9. The molecule has 0 aliphatic heterocycles. The highest BCUT2D eigenvalue weighted by atomic mass is 15.0. The van der Waals surface area contributed by atoms with Crippen molar-refractivity contribution in [2.24, 2.45) is 18.2 Å². The third-order valence-corrected chi connectivity index (χ3v) is 3.32. The Hall–Kier alpha value is -1.55. The molecule has 1 aromatic heterocycles. The predicted octanol–water partition coefficient (Wildman–Crippen LogP) is 2.36. The van der Waals surface area contributed by atoms with Crippen molar-refractivity contribution in [1.29, 1.82) is 0 Å². The van der Waals surface area contributed by atoms with Gasteiger partial charge in [0.1, 0.15) is 0 Å². The average Bonchev–Trinajstić information content (AvgIpc) is 2.68. The number of nitrogens with two attached hydrogens (primary N) is 1. The van der Waals surface area contributed by atoms with E-state index in [4.69, 9.17) is 5.73 Å². The first-order valence-electron chi connectivity index (χ1n) is 6.37. The Balaban J connectivity index is 2.08. The van der Waals surface area contributed by atoms with E-state index in [9.17, 15) is 0 Å². The number of nitrogens with zero attached hydrogens (tertiary/aromatic N) is 2. The number of nitrogens with one attached hydrogen (secondary N) is 1. The summed E-state index contributed by atoms with van der Waals surface area (Å²) in [6.07, 6.45) is 2.86. The summed E-state index contributed by atoms with van der Waals surface area (Å²) in [4.78, 5) is 4.36. The van der Waals surface area contributed by atoms with Gasteiger partial charge in [0.05, 0.1) is 17.4 Å². The summed E-state index contributed by atoms with van der Waals surface area (Å²) in [7, 11) is 2.01. The summed E-state index contributed by atoms with van der Waals surface area (Å²) >= 11 is 0.